The van der Waals surface area contributed by atoms with Crippen LogP contribution >= 0.6 is 27.3 Å². The minimum absolute atomic E-state index is 0.475. The third-order valence-electron chi connectivity index (χ3n) is 2.21. The second-order valence-corrected chi connectivity index (χ2v) is 5.35. The molecule has 72 valence electrons. The van der Waals surface area contributed by atoms with E-state index in [0.29, 0.717) is 19.6 Å². The van der Waals surface area contributed by atoms with Crippen molar-refractivity contribution in [3.8, 4) is 0 Å². The summed E-state index contributed by atoms with van der Waals surface area (Å²) in [6.45, 7) is 1.16. The number of aliphatic hydroxyl groups is 1. The smallest absolute Gasteiger partial charge is 0.0949 e. The first-order valence-electron chi connectivity index (χ1n) is 4.21. The highest BCUT2D eigenvalue weighted by Gasteiger charge is 2.32. The molecular formula is C9H11BrO2S. The van der Waals surface area contributed by atoms with Crippen molar-refractivity contribution >= 4 is 27.3 Å². The third kappa shape index (κ3) is 2.31. The van der Waals surface area contributed by atoms with Crippen molar-refractivity contribution in [3.63, 3.8) is 0 Å². The van der Waals surface area contributed by atoms with Crippen LogP contribution in [0.5, 0.6) is 0 Å². The predicted octanol–water partition coefficient (Wildman–Crippen LogP) is 2.20. The molecule has 1 fully saturated rings. The second kappa shape index (κ2) is 3.69. The lowest BCUT2D eigenvalue weighted by atomic mass is 9.98. The Hall–Kier alpha value is 0.1000. The van der Waals surface area contributed by atoms with E-state index in [1.807, 2.05) is 5.38 Å². The zero-order chi connectivity index (χ0) is 9.31. The zero-order valence-electron chi connectivity index (χ0n) is 7.12. The van der Waals surface area contributed by atoms with Crippen LogP contribution in [0.3, 0.4) is 0 Å². The van der Waals surface area contributed by atoms with Crippen LogP contribution in [0.25, 0.3) is 0 Å². The van der Waals surface area contributed by atoms with E-state index >= 15 is 0 Å². The third-order valence-corrected chi connectivity index (χ3v) is 3.91. The van der Waals surface area contributed by atoms with Crippen molar-refractivity contribution in [2.75, 3.05) is 13.2 Å². The fourth-order valence-corrected chi connectivity index (χ4v) is 3.09. The number of ether oxygens (including phenoxy) is 1. The lowest BCUT2D eigenvalue weighted by Gasteiger charge is -2.18. The highest BCUT2D eigenvalue weighted by molar-refractivity contribution is 9.10. The van der Waals surface area contributed by atoms with Crippen LogP contribution in [0.15, 0.2) is 15.9 Å². The molecule has 2 rings (SSSR count). The fraction of sp³-hybridized carbons (Fsp3) is 0.556. The van der Waals surface area contributed by atoms with Gasteiger partial charge in [0.05, 0.1) is 12.2 Å². The number of rotatable bonds is 2. The summed E-state index contributed by atoms with van der Waals surface area (Å²) in [6, 6.07) is 2.06. The molecule has 0 radical (unpaired) electrons. The van der Waals surface area contributed by atoms with Crippen LogP contribution in [0, 0.1) is 0 Å². The Morgan fingerprint density at radius 1 is 1.69 bits per heavy atom. The molecule has 1 aliphatic rings. The van der Waals surface area contributed by atoms with Gasteiger partial charge in [-0.25, -0.2) is 0 Å². The van der Waals surface area contributed by atoms with Gasteiger partial charge in [0.25, 0.3) is 0 Å². The quantitative estimate of drug-likeness (QED) is 0.886. The van der Waals surface area contributed by atoms with E-state index in [4.69, 9.17) is 4.74 Å². The largest absolute Gasteiger partial charge is 0.387 e. The van der Waals surface area contributed by atoms with Gasteiger partial charge in [-0.3, -0.25) is 0 Å². The van der Waals surface area contributed by atoms with Gasteiger partial charge < -0.3 is 9.84 Å². The average Bonchev–Trinajstić information content (AvgIpc) is 2.62. The molecule has 1 aromatic heterocycles. The normalized spacial score (nSPS) is 28.2. The Bertz CT molecular complexity index is 292. The molecular weight excluding hydrogens is 252 g/mol. The van der Waals surface area contributed by atoms with Crippen molar-refractivity contribution in [2.24, 2.45) is 0 Å². The van der Waals surface area contributed by atoms with E-state index in [1.165, 1.54) is 4.88 Å². The minimum atomic E-state index is -0.621. The monoisotopic (exact) mass is 262 g/mol. The summed E-state index contributed by atoms with van der Waals surface area (Å²) in [6.07, 6.45) is 1.46. The first-order valence-corrected chi connectivity index (χ1v) is 5.88. The number of hydrogen-bond donors (Lipinski definition) is 1. The minimum Gasteiger partial charge on any atom is -0.387 e. The van der Waals surface area contributed by atoms with Crippen molar-refractivity contribution in [3.05, 3.63) is 20.8 Å². The maximum absolute atomic E-state index is 10.0. The molecule has 0 spiro atoms. The summed E-state index contributed by atoms with van der Waals surface area (Å²) in [5.41, 5.74) is -0.621. The van der Waals surface area contributed by atoms with E-state index in [2.05, 4.69) is 22.0 Å². The summed E-state index contributed by atoms with van der Waals surface area (Å²) in [7, 11) is 0. The molecule has 1 N–H and O–H groups in total. The lowest BCUT2D eigenvalue weighted by molar-refractivity contribution is 0.0277. The molecule has 1 aromatic rings. The molecule has 1 aliphatic heterocycles. The molecule has 0 amide bonds. The van der Waals surface area contributed by atoms with E-state index < -0.39 is 5.60 Å². The van der Waals surface area contributed by atoms with Gasteiger partial charge in [0, 0.05) is 34.2 Å². The molecule has 1 saturated heterocycles. The van der Waals surface area contributed by atoms with Crippen LogP contribution < -0.4 is 0 Å². The highest BCUT2D eigenvalue weighted by atomic mass is 79.9. The van der Waals surface area contributed by atoms with Crippen LogP contribution in [-0.2, 0) is 11.2 Å². The van der Waals surface area contributed by atoms with E-state index in [9.17, 15) is 5.11 Å². The molecule has 0 aliphatic carbocycles. The van der Waals surface area contributed by atoms with Gasteiger partial charge >= 0.3 is 0 Å². The Morgan fingerprint density at radius 3 is 3.08 bits per heavy atom. The molecule has 13 heavy (non-hydrogen) atoms. The van der Waals surface area contributed by atoms with Crippen molar-refractivity contribution in [2.45, 2.75) is 18.4 Å². The number of halogens is 1. The summed E-state index contributed by atoms with van der Waals surface area (Å²) >= 11 is 5.07. The summed E-state index contributed by atoms with van der Waals surface area (Å²) in [4.78, 5) is 1.21. The molecule has 2 nitrogen and oxygen atoms in total. The molecule has 4 heteroatoms. The van der Waals surface area contributed by atoms with Gasteiger partial charge in [-0.1, -0.05) is 0 Å². The standard InChI is InChI=1S/C9H11BrO2S/c10-7-3-8(13-5-7)4-9(11)1-2-12-6-9/h3,5,11H,1-2,4,6H2. The summed E-state index contributed by atoms with van der Waals surface area (Å²) < 4.78 is 6.27. The van der Waals surface area contributed by atoms with Gasteiger partial charge in [0.2, 0.25) is 0 Å². The zero-order valence-corrected chi connectivity index (χ0v) is 9.53. The van der Waals surface area contributed by atoms with E-state index in [-0.39, 0.29) is 0 Å². The Labute approximate surface area is 89.7 Å². The highest BCUT2D eigenvalue weighted by Crippen LogP contribution is 2.28. The maximum Gasteiger partial charge on any atom is 0.0949 e. The van der Waals surface area contributed by atoms with E-state index in [1.54, 1.807) is 11.3 Å². The molecule has 2 heterocycles. The van der Waals surface area contributed by atoms with Gasteiger partial charge in [-0.15, -0.1) is 11.3 Å². The van der Waals surface area contributed by atoms with E-state index in [0.717, 1.165) is 10.9 Å². The van der Waals surface area contributed by atoms with Gasteiger partial charge in [-0.2, -0.15) is 0 Å². The number of hydrogen-bond acceptors (Lipinski definition) is 3. The molecule has 1 unspecified atom stereocenters. The number of thiophene rings is 1. The maximum atomic E-state index is 10.0. The molecule has 0 saturated carbocycles. The van der Waals surface area contributed by atoms with Crippen LogP contribution in [-0.4, -0.2) is 23.9 Å². The van der Waals surface area contributed by atoms with Gasteiger partial charge in [0.15, 0.2) is 0 Å². The van der Waals surface area contributed by atoms with Gasteiger partial charge in [0.1, 0.15) is 0 Å². The Morgan fingerprint density at radius 2 is 2.54 bits per heavy atom. The lowest BCUT2D eigenvalue weighted by Crippen LogP contribution is -2.31. The molecule has 0 bridgehead atoms. The van der Waals surface area contributed by atoms with Crippen molar-refractivity contribution < 1.29 is 9.84 Å². The first-order chi connectivity index (χ1) is 6.18. The van der Waals surface area contributed by atoms with Crippen molar-refractivity contribution in [1.82, 2.24) is 0 Å². The average molecular weight is 263 g/mol. The Balaban J connectivity index is 2.04. The van der Waals surface area contributed by atoms with Crippen LogP contribution in [0.1, 0.15) is 11.3 Å². The Kier molecular flexibility index (Phi) is 2.74. The first kappa shape index (κ1) is 9.65. The fourth-order valence-electron chi connectivity index (χ4n) is 1.51. The predicted molar refractivity (Wildman–Crippen MR) is 56.1 cm³/mol. The van der Waals surface area contributed by atoms with Crippen molar-refractivity contribution in [1.29, 1.82) is 0 Å². The summed E-state index contributed by atoms with van der Waals surface area (Å²) in [5.74, 6) is 0. The topological polar surface area (TPSA) is 29.5 Å². The molecule has 1 atom stereocenters. The summed E-state index contributed by atoms with van der Waals surface area (Å²) in [5, 5.41) is 12.1. The van der Waals surface area contributed by atoms with Crippen LogP contribution in [0.4, 0.5) is 0 Å². The van der Waals surface area contributed by atoms with Gasteiger partial charge in [-0.05, 0) is 22.0 Å². The SMILES string of the molecule is OC1(Cc2cc(Br)cs2)CCOC1. The second-order valence-electron chi connectivity index (χ2n) is 3.43. The molecule has 0 aromatic carbocycles. The van der Waals surface area contributed by atoms with Crippen LogP contribution in [0.2, 0.25) is 0 Å².